The van der Waals surface area contributed by atoms with Crippen molar-refractivity contribution >= 4 is 0 Å². The summed E-state index contributed by atoms with van der Waals surface area (Å²) >= 11 is 0. The van der Waals surface area contributed by atoms with Gasteiger partial charge in [0.25, 0.3) is 0 Å². The molecule has 19 heavy (non-hydrogen) atoms. The molecule has 1 rings (SSSR count). The maximum Gasteiger partial charge on any atom is 0.0522 e. The minimum absolute atomic E-state index is 0.0966. The van der Waals surface area contributed by atoms with Crippen molar-refractivity contribution < 1.29 is 0 Å². The molecule has 4 heteroatoms. The van der Waals surface area contributed by atoms with E-state index in [1.165, 1.54) is 5.56 Å². The smallest absolute Gasteiger partial charge is 0.0522 e. The molecule has 4 nitrogen and oxygen atoms in total. The van der Waals surface area contributed by atoms with Crippen LogP contribution in [0.1, 0.15) is 46.1 Å². The standard InChI is InChI=1S/C15H30N4/c1-6-15(7-2,19(8-3)9-4)14(16)10-13-11-17-18(5)12-13/h11-12,14H,6-10,16H2,1-5H3. The van der Waals surface area contributed by atoms with Gasteiger partial charge < -0.3 is 5.73 Å². The minimum Gasteiger partial charge on any atom is -0.326 e. The van der Waals surface area contributed by atoms with Gasteiger partial charge in [0.1, 0.15) is 0 Å². The fourth-order valence-electron chi connectivity index (χ4n) is 3.33. The normalized spacial score (nSPS) is 14.1. The Labute approximate surface area is 118 Å². The van der Waals surface area contributed by atoms with E-state index >= 15 is 0 Å². The average Bonchev–Trinajstić information content (AvgIpc) is 2.81. The van der Waals surface area contributed by atoms with Gasteiger partial charge in [-0.05, 0) is 37.9 Å². The van der Waals surface area contributed by atoms with Crippen LogP contribution in [0.15, 0.2) is 12.4 Å². The summed E-state index contributed by atoms with van der Waals surface area (Å²) in [5.74, 6) is 0. The van der Waals surface area contributed by atoms with Gasteiger partial charge in [0, 0.05) is 24.8 Å². The van der Waals surface area contributed by atoms with E-state index in [9.17, 15) is 0 Å². The predicted molar refractivity (Wildman–Crippen MR) is 81.1 cm³/mol. The van der Waals surface area contributed by atoms with Crippen LogP contribution in [0.4, 0.5) is 0 Å². The van der Waals surface area contributed by atoms with Crippen molar-refractivity contribution in [3.63, 3.8) is 0 Å². The zero-order valence-corrected chi connectivity index (χ0v) is 13.2. The molecular weight excluding hydrogens is 236 g/mol. The first-order chi connectivity index (χ1) is 9.03. The number of hydrogen-bond donors (Lipinski definition) is 1. The van der Waals surface area contributed by atoms with Gasteiger partial charge in [-0.1, -0.05) is 27.7 Å². The monoisotopic (exact) mass is 266 g/mol. The van der Waals surface area contributed by atoms with Gasteiger partial charge in [0.2, 0.25) is 0 Å². The van der Waals surface area contributed by atoms with Crippen LogP contribution in [0, 0.1) is 0 Å². The molecular formula is C15H30N4. The van der Waals surface area contributed by atoms with Gasteiger partial charge >= 0.3 is 0 Å². The number of aromatic nitrogens is 2. The molecule has 1 aromatic heterocycles. The molecule has 0 fully saturated rings. The average molecular weight is 266 g/mol. The lowest BCUT2D eigenvalue weighted by molar-refractivity contribution is 0.0628. The van der Waals surface area contributed by atoms with Crippen LogP contribution in [0.3, 0.4) is 0 Å². The van der Waals surface area contributed by atoms with E-state index in [-0.39, 0.29) is 11.6 Å². The van der Waals surface area contributed by atoms with Crippen molar-refractivity contribution in [1.29, 1.82) is 0 Å². The van der Waals surface area contributed by atoms with E-state index in [1.807, 2.05) is 17.9 Å². The lowest BCUT2D eigenvalue weighted by Crippen LogP contribution is -2.60. The molecule has 110 valence electrons. The summed E-state index contributed by atoms with van der Waals surface area (Å²) in [6.07, 6.45) is 7.07. The molecule has 2 N–H and O–H groups in total. The SMILES string of the molecule is CCN(CC)C(CC)(CC)C(N)Cc1cnn(C)c1. The predicted octanol–water partition coefficient (Wildman–Crippen LogP) is 2.19. The highest BCUT2D eigenvalue weighted by Crippen LogP contribution is 2.28. The zero-order chi connectivity index (χ0) is 14.5. The van der Waals surface area contributed by atoms with Gasteiger partial charge in [0.05, 0.1) is 6.20 Å². The lowest BCUT2D eigenvalue weighted by Gasteiger charge is -2.46. The first kappa shape index (κ1) is 16.2. The second-order valence-corrected chi connectivity index (χ2v) is 5.32. The van der Waals surface area contributed by atoms with Crippen LogP contribution in [-0.4, -0.2) is 39.4 Å². The third-order valence-electron chi connectivity index (χ3n) is 4.52. The molecule has 0 saturated heterocycles. The largest absolute Gasteiger partial charge is 0.326 e. The van der Waals surface area contributed by atoms with Crippen molar-refractivity contribution in [2.75, 3.05) is 13.1 Å². The Bertz CT molecular complexity index is 364. The Morgan fingerprint density at radius 2 is 1.84 bits per heavy atom. The molecule has 0 amide bonds. The molecule has 1 atom stereocenters. The maximum absolute atomic E-state index is 6.59. The first-order valence-electron chi connectivity index (χ1n) is 7.52. The molecule has 0 spiro atoms. The highest BCUT2D eigenvalue weighted by Gasteiger charge is 2.37. The number of rotatable bonds is 8. The molecule has 0 aromatic carbocycles. The summed E-state index contributed by atoms with van der Waals surface area (Å²) in [4.78, 5) is 2.52. The fourth-order valence-corrected chi connectivity index (χ4v) is 3.33. The van der Waals surface area contributed by atoms with Crippen molar-refractivity contribution in [3.8, 4) is 0 Å². The van der Waals surface area contributed by atoms with Gasteiger partial charge in [-0.15, -0.1) is 0 Å². The van der Waals surface area contributed by atoms with Crippen molar-refractivity contribution in [1.82, 2.24) is 14.7 Å². The number of hydrogen-bond acceptors (Lipinski definition) is 3. The zero-order valence-electron chi connectivity index (χ0n) is 13.2. The lowest BCUT2D eigenvalue weighted by atomic mass is 9.80. The molecule has 0 aliphatic heterocycles. The van der Waals surface area contributed by atoms with Gasteiger partial charge in [-0.2, -0.15) is 5.10 Å². The first-order valence-corrected chi connectivity index (χ1v) is 7.52. The van der Waals surface area contributed by atoms with E-state index < -0.39 is 0 Å². The molecule has 1 aromatic rings. The highest BCUT2D eigenvalue weighted by atomic mass is 15.2. The van der Waals surface area contributed by atoms with Crippen LogP contribution < -0.4 is 5.73 Å². The topological polar surface area (TPSA) is 47.1 Å². The van der Waals surface area contributed by atoms with E-state index in [2.05, 4.69) is 43.9 Å². The number of aryl methyl sites for hydroxylation is 1. The Kier molecular flexibility index (Phi) is 6.01. The Morgan fingerprint density at radius 1 is 1.26 bits per heavy atom. The Hall–Kier alpha value is -0.870. The van der Waals surface area contributed by atoms with Crippen LogP contribution >= 0.6 is 0 Å². The summed E-state index contributed by atoms with van der Waals surface area (Å²) < 4.78 is 1.85. The molecule has 0 aliphatic rings. The third kappa shape index (κ3) is 3.37. The summed E-state index contributed by atoms with van der Waals surface area (Å²) in [6, 6.07) is 0.145. The van der Waals surface area contributed by atoms with Crippen molar-refractivity contribution in [3.05, 3.63) is 18.0 Å². The second kappa shape index (κ2) is 7.06. The van der Waals surface area contributed by atoms with E-state index in [4.69, 9.17) is 5.73 Å². The number of likely N-dealkylation sites (N-methyl/N-ethyl adjacent to an activating group) is 1. The van der Waals surface area contributed by atoms with Crippen LogP contribution in [0.2, 0.25) is 0 Å². The van der Waals surface area contributed by atoms with Gasteiger partial charge in [-0.3, -0.25) is 9.58 Å². The minimum atomic E-state index is 0.0966. The van der Waals surface area contributed by atoms with E-state index in [1.54, 1.807) is 0 Å². The summed E-state index contributed by atoms with van der Waals surface area (Å²) in [7, 11) is 1.95. The summed E-state index contributed by atoms with van der Waals surface area (Å²) in [5.41, 5.74) is 7.92. The molecule has 0 saturated carbocycles. The van der Waals surface area contributed by atoms with E-state index in [0.29, 0.717) is 0 Å². The number of nitrogens with two attached hydrogens (primary N) is 1. The molecule has 1 unspecified atom stereocenters. The van der Waals surface area contributed by atoms with Gasteiger partial charge in [0.15, 0.2) is 0 Å². The quantitative estimate of drug-likeness (QED) is 0.784. The number of nitrogens with zero attached hydrogens (tertiary/aromatic N) is 3. The summed E-state index contributed by atoms with van der Waals surface area (Å²) in [5, 5.41) is 4.24. The molecule has 1 heterocycles. The molecule has 0 bridgehead atoms. The van der Waals surface area contributed by atoms with Gasteiger partial charge in [-0.25, -0.2) is 0 Å². The Balaban J connectivity index is 2.91. The Morgan fingerprint density at radius 3 is 2.21 bits per heavy atom. The maximum atomic E-state index is 6.59. The second-order valence-electron chi connectivity index (χ2n) is 5.32. The highest BCUT2D eigenvalue weighted by molar-refractivity contribution is 5.10. The van der Waals surface area contributed by atoms with Crippen molar-refractivity contribution in [2.24, 2.45) is 12.8 Å². The van der Waals surface area contributed by atoms with Crippen molar-refractivity contribution in [2.45, 2.75) is 58.5 Å². The third-order valence-corrected chi connectivity index (χ3v) is 4.52. The van der Waals surface area contributed by atoms with Crippen LogP contribution in [0.25, 0.3) is 0 Å². The summed E-state index contributed by atoms with van der Waals surface area (Å²) in [6.45, 7) is 11.1. The molecule has 0 radical (unpaired) electrons. The van der Waals surface area contributed by atoms with Crippen LogP contribution in [0.5, 0.6) is 0 Å². The fraction of sp³-hybridized carbons (Fsp3) is 0.800. The van der Waals surface area contributed by atoms with Crippen LogP contribution in [-0.2, 0) is 13.5 Å². The van der Waals surface area contributed by atoms with E-state index in [0.717, 1.165) is 32.4 Å². The molecule has 0 aliphatic carbocycles.